The maximum atomic E-state index is 11.9. The fourth-order valence-electron chi connectivity index (χ4n) is 1.30. The van der Waals surface area contributed by atoms with E-state index in [0.29, 0.717) is 0 Å². The summed E-state index contributed by atoms with van der Waals surface area (Å²) in [5, 5.41) is 11.2. The lowest BCUT2D eigenvalue weighted by atomic mass is 10.2. The number of benzene rings is 1. The van der Waals surface area contributed by atoms with Crippen LogP contribution in [0.4, 0.5) is 0 Å². The highest BCUT2D eigenvalue weighted by atomic mass is 32.2. The predicted molar refractivity (Wildman–Crippen MR) is 65.0 cm³/mol. The molecule has 0 aliphatic rings. The van der Waals surface area contributed by atoms with Crippen LogP contribution in [0.2, 0.25) is 0 Å². The molecule has 0 spiro atoms. The molecule has 7 heteroatoms. The Kier molecular flexibility index (Phi) is 4.83. The third-order valence-corrected chi connectivity index (χ3v) is 3.74. The Labute approximate surface area is 106 Å². The lowest BCUT2D eigenvalue weighted by molar-refractivity contribution is -0.120. The van der Waals surface area contributed by atoms with Crippen LogP contribution in [0.5, 0.6) is 0 Å². The highest BCUT2D eigenvalue weighted by molar-refractivity contribution is 7.89. The maximum Gasteiger partial charge on any atom is 0.241 e. The number of nitriles is 1. The van der Waals surface area contributed by atoms with Gasteiger partial charge in [-0.3, -0.25) is 4.79 Å². The molecule has 96 valence electrons. The second-order valence-electron chi connectivity index (χ2n) is 3.43. The highest BCUT2D eigenvalue weighted by Crippen LogP contribution is 2.13. The van der Waals surface area contributed by atoms with Crippen LogP contribution in [0.25, 0.3) is 0 Å². The molecule has 0 fully saturated rings. The van der Waals surface area contributed by atoms with Crippen molar-refractivity contribution in [2.24, 2.45) is 0 Å². The summed E-state index contributed by atoms with van der Waals surface area (Å²) in [6.07, 6.45) is 0.0461. The van der Waals surface area contributed by atoms with Crippen LogP contribution in [0, 0.1) is 11.3 Å². The number of nitrogens with one attached hydrogen (secondary N) is 2. The SMILES string of the molecule is CNC(=O)CCNS(=O)(=O)c1ccccc1C#N. The maximum absolute atomic E-state index is 11.9. The summed E-state index contributed by atoms with van der Waals surface area (Å²) in [6.45, 7) is -0.0121. The number of carbonyl (C=O) groups is 1. The first-order chi connectivity index (χ1) is 8.51. The van der Waals surface area contributed by atoms with Gasteiger partial charge in [0.25, 0.3) is 0 Å². The minimum absolute atomic E-state index is 0.0121. The molecule has 1 aromatic carbocycles. The van der Waals surface area contributed by atoms with Crippen molar-refractivity contribution >= 4 is 15.9 Å². The van der Waals surface area contributed by atoms with Crippen LogP contribution in [0.15, 0.2) is 29.2 Å². The summed E-state index contributed by atoms with van der Waals surface area (Å²) in [6, 6.07) is 7.71. The Bertz CT molecular complexity index is 575. The molecule has 0 aromatic heterocycles. The van der Waals surface area contributed by atoms with Crippen molar-refractivity contribution in [1.29, 1.82) is 5.26 Å². The largest absolute Gasteiger partial charge is 0.359 e. The van der Waals surface area contributed by atoms with Gasteiger partial charge < -0.3 is 5.32 Å². The lowest BCUT2D eigenvalue weighted by Crippen LogP contribution is -2.29. The Hall–Kier alpha value is -1.91. The van der Waals surface area contributed by atoms with E-state index in [1.54, 1.807) is 6.07 Å². The zero-order chi connectivity index (χ0) is 13.6. The van der Waals surface area contributed by atoms with Crippen LogP contribution in [-0.4, -0.2) is 27.9 Å². The van der Waals surface area contributed by atoms with Gasteiger partial charge in [-0.1, -0.05) is 12.1 Å². The van der Waals surface area contributed by atoms with Crippen LogP contribution in [-0.2, 0) is 14.8 Å². The second-order valence-corrected chi connectivity index (χ2v) is 5.16. The van der Waals surface area contributed by atoms with Crippen LogP contribution in [0.3, 0.4) is 0 Å². The van der Waals surface area contributed by atoms with Crippen LogP contribution in [0.1, 0.15) is 12.0 Å². The average molecular weight is 267 g/mol. The molecule has 0 unspecified atom stereocenters. The molecule has 0 bridgehead atoms. The number of nitrogens with zero attached hydrogens (tertiary/aromatic N) is 1. The smallest absolute Gasteiger partial charge is 0.241 e. The zero-order valence-electron chi connectivity index (χ0n) is 9.80. The van der Waals surface area contributed by atoms with Gasteiger partial charge in [0.05, 0.1) is 10.5 Å². The van der Waals surface area contributed by atoms with E-state index in [4.69, 9.17) is 5.26 Å². The first kappa shape index (κ1) is 14.2. The van der Waals surface area contributed by atoms with Crippen molar-refractivity contribution in [3.63, 3.8) is 0 Å². The summed E-state index contributed by atoms with van der Waals surface area (Å²) in [5.41, 5.74) is 0.0740. The van der Waals surface area contributed by atoms with E-state index in [1.165, 1.54) is 25.2 Å². The van der Waals surface area contributed by atoms with Gasteiger partial charge in [0, 0.05) is 20.0 Å². The topological polar surface area (TPSA) is 99.1 Å². The number of rotatable bonds is 5. The number of carbonyl (C=O) groups excluding carboxylic acids is 1. The highest BCUT2D eigenvalue weighted by Gasteiger charge is 2.17. The van der Waals surface area contributed by atoms with E-state index in [-0.39, 0.29) is 29.3 Å². The van der Waals surface area contributed by atoms with Gasteiger partial charge in [-0.25, -0.2) is 13.1 Å². The molecule has 1 aromatic rings. The fourth-order valence-corrected chi connectivity index (χ4v) is 2.48. The molecule has 0 atom stereocenters. The van der Waals surface area contributed by atoms with Gasteiger partial charge in [-0.2, -0.15) is 5.26 Å². The third kappa shape index (κ3) is 3.55. The van der Waals surface area contributed by atoms with E-state index in [2.05, 4.69) is 10.0 Å². The zero-order valence-corrected chi connectivity index (χ0v) is 10.6. The van der Waals surface area contributed by atoms with Crippen LogP contribution >= 0.6 is 0 Å². The van der Waals surface area contributed by atoms with Crippen molar-refractivity contribution in [2.75, 3.05) is 13.6 Å². The molecule has 6 nitrogen and oxygen atoms in total. The monoisotopic (exact) mass is 267 g/mol. The van der Waals surface area contributed by atoms with Gasteiger partial charge in [0.2, 0.25) is 15.9 Å². The normalized spacial score (nSPS) is 10.7. The van der Waals surface area contributed by atoms with Gasteiger partial charge in [-0.05, 0) is 12.1 Å². The Morgan fingerprint density at radius 1 is 1.39 bits per heavy atom. The molecular formula is C11H13N3O3S. The van der Waals surface area contributed by atoms with Crippen molar-refractivity contribution in [2.45, 2.75) is 11.3 Å². The first-order valence-corrected chi connectivity index (χ1v) is 6.69. The van der Waals surface area contributed by atoms with E-state index in [1.807, 2.05) is 6.07 Å². The van der Waals surface area contributed by atoms with Gasteiger partial charge >= 0.3 is 0 Å². The summed E-state index contributed by atoms with van der Waals surface area (Å²) in [7, 11) is -2.29. The molecule has 0 radical (unpaired) electrons. The summed E-state index contributed by atoms with van der Waals surface area (Å²) in [4.78, 5) is 10.9. The molecule has 2 N–H and O–H groups in total. The minimum atomic E-state index is -3.76. The van der Waals surface area contributed by atoms with Gasteiger partial charge in [0.1, 0.15) is 6.07 Å². The molecule has 18 heavy (non-hydrogen) atoms. The van der Waals surface area contributed by atoms with Gasteiger partial charge in [0.15, 0.2) is 0 Å². The Balaban J connectivity index is 2.81. The second kappa shape index (κ2) is 6.14. The average Bonchev–Trinajstić information content (AvgIpc) is 2.38. The lowest BCUT2D eigenvalue weighted by Gasteiger charge is -2.07. The molecule has 1 amide bonds. The molecular weight excluding hydrogens is 254 g/mol. The molecule has 0 heterocycles. The number of hydrogen-bond acceptors (Lipinski definition) is 4. The van der Waals surface area contributed by atoms with Gasteiger partial charge in [-0.15, -0.1) is 0 Å². The fraction of sp³-hybridized carbons (Fsp3) is 0.273. The number of sulfonamides is 1. The third-order valence-electron chi connectivity index (χ3n) is 2.22. The quantitative estimate of drug-likeness (QED) is 0.782. The van der Waals surface area contributed by atoms with Crippen molar-refractivity contribution in [3.8, 4) is 6.07 Å². The number of hydrogen-bond donors (Lipinski definition) is 2. The summed E-state index contributed by atoms with van der Waals surface area (Å²) < 4.78 is 26.1. The summed E-state index contributed by atoms with van der Waals surface area (Å²) in [5.74, 6) is -0.258. The van der Waals surface area contributed by atoms with Crippen LogP contribution < -0.4 is 10.0 Å². The van der Waals surface area contributed by atoms with Crippen molar-refractivity contribution in [1.82, 2.24) is 10.0 Å². The molecule has 0 saturated carbocycles. The van der Waals surface area contributed by atoms with Crippen molar-refractivity contribution < 1.29 is 13.2 Å². The minimum Gasteiger partial charge on any atom is -0.359 e. The molecule has 1 rings (SSSR count). The molecule has 0 aliphatic carbocycles. The Morgan fingerprint density at radius 3 is 2.67 bits per heavy atom. The van der Waals surface area contributed by atoms with E-state index < -0.39 is 10.0 Å². The molecule has 0 aliphatic heterocycles. The summed E-state index contributed by atoms with van der Waals surface area (Å²) >= 11 is 0. The first-order valence-electron chi connectivity index (χ1n) is 5.20. The van der Waals surface area contributed by atoms with E-state index in [9.17, 15) is 13.2 Å². The van der Waals surface area contributed by atoms with E-state index >= 15 is 0 Å². The van der Waals surface area contributed by atoms with Crippen molar-refractivity contribution in [3.05, 3.63) is 29.8 Å². The number of amides is 1. The standard InChI is InChI=1S/C11H13N3O3S/c1-13-11(15)6-7-14-18(16,17)10-5-3-2-4-9(10)8-12/h2-5,14H,6-7H2,1H3,(H,13,15). The predicted octanol–water partition coefficient (Wildman–Crippen LogP) is -0.0273. The van der Waals surface area contributed by atoms with E-state index in [0.717, 1.165) is 0 Å². The molecule has 0 saturated heterocycles. The Morgan fingerprint density at radius 2 is 2.06 bits per heavy atom.